The summed E-state index contributed by atoms with van der Waals surface area (Å²) >= 11 is 0. The number of nitrogens with zero attached hydrogens (tertiary/aromatic N) is 3. The van der Waals surface area contributed by atoms with Crippen molar-refractivity contribution in [1.29, 1.82) is 0 Å². The van der Waals surface area contributed by atoms with Gasteiger partial charge in [0.15, 0.2) is 0 Å². The Labute approximate surface area is 137 Å². The maximum absolute atomic E-state index is 12.8. The molecule has 1 aliphatic carbocycles. The number of para-hydroxylation sites is 2. The molecule has 1 aromatic heterocycles. The summed E-state index contributed by atoms with van der Waals surface area (Å²) < 4.78 is 28.4. The van der Waals surface area contributed by atoms with Crippen LogP contribution >= 0.6 is 0 Å². The first-order valence-electron chi connectivity index (χ1n) is 8.11. The zero-order valence-corrected chi connectivity index (χ0v) is 14.5. The molecule has 2 aromatic rings. The van der Waals surface area contributed by atoms with Gasteiger partial charge in [0.1, 0.15) is 5.82 Å². The van der Waals surface area contributed by atoms with Crippen molar-refractivity contribution >= 4 is 21.2 Å². The molecule has 0 bridgehead atoms. The fourth-order valence-electron chi connectivity index (χ4n) is 3.23. The highest BCUT2D eigenvalue weighted by Crippen LogP contribution is 2.24. The first-order chi connectivity index (χ1) is 11.0. The molecule has 1 heterocycles. The Kier molecular flexibility index (Phi) is 4.70. The van der Waals surface area contributed by atoms with E-state index in [0.717, 1.165) is 36.7 Å². The molecular formula is C16H24N4O2S. The summed E-state index contributed by atoms with van der Waals surface area (Å²) in [5.41, 5.74) is 1.78. The van der Waals surface area contributed by atoms with Crippen LogP contribution in [0.1, 0.15) is 37.9 Å². The highest BCUT2D eigenvalue weighted by Gasteiger charge is 2.31. The predicted octanol–water partition coefficient (Wildman–Crippen LogP) is 2.50. The van der Waals surface area contributed by atoms with Crippen molar-refractivity contribution in [3.05, 3.63) is 30.1 Å². The average Bonchev–Trinajstić information content (AvgIpc) is 2.97. The van der Waals surface area contributed by atoms with Gasteiger partial charge in [0.25, 0.3) is 10.2 Å². The Bertz CT molecular complexity index is 732. The van der Waals surface area contributed by atoms with Crippen molar-refractivity contribution in [2.75, 3.05) is 14.1 Å². The Morgan fingerprint density at radius 3 is 2.57 bits per heavy atom. The van der Waals surface area contributed by atoms with Crippen LogP contribution in [0, 0.1) is 0 Å². The van der Waals surface area contributed by atoms with Gasteiger partial charge in [0.05, 0.1) is 17.6 Å². The van der Waals surface area contributed by atoms with Crippen LogP contribution in [0.4, 0.5) is 0 Å². The minimum atomic E-state index is -3.47. The number of aromatic nitrogens is 2. The van der Waals surface area contributed by atoms with Crippen molar-refractivity contribution in [3.8, 4) is 0 Å². The summed E-state index contributed by atoms with van der Waals surface area (Å²) in [7, 11) is -0.160. The van der Waals surface area contributed by atoms with E-state index in [1.165, 1.54) is 15.0 Å². The van der Waals surface area contributed by atoms with E-state index in [1.807, 2.05) is 24.3 Å². The summed E-state index contributed by atoms with van der Waals surface area (Å²) in [5, 5.41) is 0. The second-order valence-corrected chi connectivity index (χ2v) is 8.37. The Morgan fingerprint density at radius 1 is 1.17 bits per heavy atom. The van der Waals surface area contributed by atoms with Gasteiger partial charge in [-0.2, -0.15) is 17.0 Å². The number of fused-ring (bicyclic) bond motifs is 1. The SMILES string of the molecule is CN(Cc1nc2ccccc2[nH]1)S(=O)(=O)N(C)C1CCCCC1. The van der Waals surface area contributed by atoms with Crippen molar-refractivity contribution in [1.82, 2.24) is 18.6 Å². The van der Waals surface area contributed by atoms with Crippen LogP contribution in [0.25, 0.3) is 11.0 Å². The van der Waals surface area contributed by atoms with E-state index in [9.17, 15) is 8.42 Å². The Hall–Kier alpha value is -1.44. The summed E-state index contributed by atoms with van der Waals surface area (Å²) in [4.78, 5) is 7.64. The van der Waals surface area contributed by atoms with E-state index in [1.54, 1.807) is 14.1 Å². The lowest BCUT2D eigenvalue weighted by molar-refractivity contribution is 0.267. The highest BCUT2D eigenvalue weighted by molar-refractivity contribution is 7.86. The fourth-order valence-corrected chi connectivity index (χ4v) is 4.54. The highest BCUT2D eigenvalue weighted by atomic mass is 32.2. The lowest BCUT2D eigenvalue weighted by atomic mass is 9.96. The maximum Gasteiger partial charge on any atom is 0.282 e. The smallest absolute Gasteiger partial charge is 0.282 e. The first-order valence-corrected chi connectivity index (χ1v) is 9.51. The first kappa shape index (κ1) is 16.4. The summed E-state index contributed by atoms with van der Waals surface area (Å²) in [5.74, 6) is 0.661. The summed E-state index contributed by atoms with van der Waals surface area (Å²) in [6, 6.07) is 7.82. The molecule has 0 spiro atoms. The van der Waals surface area contributed by atoms with Crippen LogP contribution in [0.2, 0.25) is 0 Å². The van der Waals surface area contributed by atoms with E-state index in [-0.39, 0.29) is 12.6 Å². The number of nitrogens with one attached hydrogen (secondary N) is 1. The van der Waals surface area contributed by atoms with Crippen LogP contribution in [-0.2, 0) is 16.8 Å². The molecule has 7 heteroatoms. The van der Waals surface area contributed by atoms with E-state index in [0.29, 0.717) is 5.82 Å². The lowest BCUT2D eigenvalue weighted by Gasteiger charge is -2.32. The molecule has 0 radical (unpaired) electrons. The standard InChI is InChI=1S/C16H24N4O2S/c1-19(12-16-17-14-10-6-7-11-15(14)18-16)23(21,22)20(2)13-8-4-3-5-9-13/h6-7,10-11,13H,3-5,8-9,12H2,1-2H3,(H,17,18). The van der Waals surface area contributed by atoms with Gasteiger partial charge in [-0.25, -0.2) is 4.98 Å². The van der Waals surface area contributed by atoms with Crippen LogP contribution in [0.5, 0.6) is 0 Å². The van der Waals surface area contributed by atoms with Gasteiger partial charge < -0.3 is 4.98 Å². The Morgan fingerprint density at radius 2 is 1.87 bits per heavy atom. The molecule has 1 fully saturated rings. The van der Waals surface area contributed by atoms with Crippen molar-refractivity contribution in [2.24, 2.45) is 0 Å². The van der Waals surface area contributed by atoms with Gasteiger partial charge in [-0.3, -0.25) is 0 Å². The molecular weight excluding hydrogens is 312 g/mol. The Balaban J connectivity index is 1.73. The molecule has 1 aliphatic rings. The number of benzene rings is 1. The van der Waals surface area contributed by atoms with Crippen molar-refractivity contribution < 1.29 is 8.42 Å². The fraction of sp³-hybridized carbons (Fsp3) is 0.562. The van der Waals surface area contributed by atoms with E-state index >= 15 is 0 Å². The normalized spacial score (nSPS) is 17.4. The topological polar surface area (TPSA) is 69.3 Å². The van der Waals surface area contributed by atoms with Gasteiger partial charge >= 0.3 is 0 Å². The van der Waals surface area contributed by atoms with Crippen molar-refractivity contribution in [2.45, 2.75) is 44.7 Å². The summed E-state index contributed by atoms with van der Waals surface area (Å²) in [6.07, 6.45) is 5.33. The van der Waals surface area contributed by atoms with Crippen LogP contribution < -0.4 is 0 Å². The maximum atomic E-state index is 12.8. The van der Waals surface area contributed by atoms with Gasteiger partial charge in [-0.1, -0.05) is 31.4 Å². The van der Waals surface area contributed by atoms with E-state index in [2.05, 4.69) is 9.97 Å². The molecule has 1 saturated carbocycles. The van der Waals surface area contributed by atoms with E-state index < -0.39 is 10.2 Å². The van der Waals surface area contributed by atoms with Crippen molar-refractivity contribution in [3.63, 3.8) is 0 Å². The minimum absolute atomic E-state index is 0.117. The third-order valence-corrected chi connectivity index (χ3v) is 6.60. The molecule has 1 aromatic carbocycles. The quantitative estimate of drug-likeness (QED) is 0.912. The molecule has 0 atom stereocenters. The van der Waals surface area contributed by atoms with Crippen LogP contribution in [0.3, 0.4) is 0 Å². The molecule has 6 nitrogen and oxygen atoms in total. The van der Waals surface area contributed by atoms with Gasteiger partial charge in [0.2, 0.25) is 0 Å². The average molecular weight is 336 g/mol. The molecule has 0 amide bonds. The third-order valence-electron chi connectivity index (χ3n) is 4.66. The second-order valence-electron chi connectivity index (χ2n) is 6.27. The van der Waals surface area contributed by atoms with Gasteiger partial charge in [0, 0.05) is 20.1 Å². The largest absolute Gasteiger partial charge is 0.341 e. The lowest BCUT2D eigenvalue weighted by Crippen LogP contribution is -2.45. The second kappa shape index (κ2) is 6.59. The minimum Gasteiger partial charge on any atom is -0.341 e. The predicted molar refractivity (Wildman–Crippen MR) is 91.1 cm³/mol. The number of H-pyrrole nitrogens is 1. The number of rotatable bonds is 5. The molecule has 23 heavy (non-hydrogen) atoms. The molecule has 0 unspecified atom stereocenters. The third kappa shape index (κ3) is 3.41. The molecule has 0 saturated heterocycles. The number of aromatic amines is 1. The van der Waals surface area contributed by atoms with Crippen LogP contribution in [0.15, 0.2) is 24.3 Å². The van der Waals surface area contributed by atoms with Gasteiger partial charge in [-0.15, -0.1) is 0 Å². The zero-order valence-electron chi connectivity index (χ0n) is 13.7. The van der Waals surface area contributed by atoms with E-state index in [4.69, 9.17) is 0 Å². The molecule has 3 rings (SSSR count). The summed E-state index contributed by atoms with van der Waals surface area (Å²) in [6.45, 7) is 0.244. The van der Waals surface area contributed by atoms with Crippen LogP contribution in [-0.4, -0.2) is 47.1 Å². The zero-order chi connectivity index (χ0) is 16.4. The number of imidazole rings is 1. The number of hydrogen-bond donors (Lipinski definition) is 1. The monoisotopic (exact) mass is 336 g/mol. The number of hydrogen-bond acceptors (Lipinski definition) is 3. The molecule has 126 valence electrons. The molecule has 0 aliphatic heterocycles. The molecule has 1 N–H and O–H groups in total. The van der Waals surface area contributed by atoms with Gasteiger partial charge in [-0.05, 0) is 25.0 Å².